The molecule has 0 unspecified atom stereocenters. The van der Waals surface area contributed by atoms with Gasteiger partial charge in [0.25, 0.3) is 0 Å². The minimum atomic E-state index is -0.897. The van der Waals surface area contributed by atoms with Crippen LogP contribution < -0.4 is 14.8 Å². The molecular weight excluding hydrogens is 494 g/mol. The van der Waals surface area contributed by atoms with Crippen LogP contribution in [-0.4, -0.2) is 51.5 Å². The third-order valence-corrected chi connectivity index (χ3v) is 6.87. The number of fused-ring (bicyclic) bond motifs is 1. The Morgan fingerprint density at radius 1 is 0.949 bits per heavy atom. The zero-order chi connectivity index (χ0) is 28.0. The van der Waals surface area contributed by atoms with Crippen molar-refractivity contribution in [2.24, 2.45) is 0 Å². The fourth-order valence-electron chi connectivity index (χ4n) is 4.25. The van der Waals surface area contributed by atoms with E-state index in [1.807, 2.05) is 81.4 Å². The molecule has 9 nitrogen and oxygen atoms in total. The number of hydrogen-bond donors (Lipinski definition) is 1. The zero-order valence-corrected chi connectivity index (χ0v) is 23.0. The van der Waals surface area contributed by atoms with Gasteiger partial charge in [-0.25, -0.2) is 4.68 Å². The molecule has 1 atom stereocenters. The molecule has 0 bridgehead atoms. The van der Waals surface area contributed by atoms with Crippen LogP contribution >= 0.6 is 0 Å². The van der Waals surface area contributed by atoms with Crippen molar-refractivity contribution in [3.05, 3.63) is 83.9 Å². The molecule has 4 rings (SSSR count). The fourth-order valence-corrected chi connectivity index (χ4v) is 4.25. The van der Waals surface area contributed by atoms with Crippen LogP contribution in [0.5, 0.6) is 11.5 Å². The molecule has 204 valence electrons. The number of para-hydroxylation sites is 1. The number of amides is 2. The van der Waals surface area contributed by atoms with Gasteiger partial charge >= 0.3 is 0 Å². The summed E-state index contributed by atoms with van der Waals surface area (Å²) in [6.45, 7) is 6.07. The van der Waals surface area contributed by atoms with Gasteiger partial charge in [-0.3, -0.25) is 9.59 Å². The lowest BCUT2D eigenvalue weighted by Gasteiger charge is -2.34. The van der Waals surface area contributed by atoms with Gasteiger partial charge in [0.1, 0.15) is 29.6 Å². The first kappa shape index (κ1) is 27.6. The van der Waals surface area contributed by atoms with Crippen LogP contribution in [0.25, 0.3) is 11.0 Å². The molecule has 4 aromatic rings. The van der Waals surface area contributed by atoms with Crippen molar-refractivity contribution in [1.29, 1.82) is 0 Å². The molecule has 39 heavy (non-hydrogen) atoms. The fraction of sp³-hybridized carbons (Fsp3) is 0.333. The van der Waals surface area contributed by atoms with Gasteiger partial charge in [-0.1, -0.05) is 48.5 Å². The van der Waals surface area contributed by atoms with E-state index in [4.69, 9.17) is 9.47 Å². The normalized spacial score (nSPS) is 12.1. The summed E-state index contributed by atoms with van der Waals surface area (Å²) in [5, 5.41) is 11.5. The highest BCUT2D eigenvalue weighted by molar-refractivity contribution is 5.89. The first-order valence-electron chi connectivity index (χ1n) is 12.9. The number of carbonyl (C=O) groups excluding carboxylic acids is 2. The van der Waals surface area contributed by atoms with E-state index < -0.39 is 11.6 Å². The van der Waals surface area contributed by atoms with Crippen molar-refractivity contribution in [3.63, 3.8) is 0 Å². The Bertz CT molecular complexity index is 1410. The molecule has 1 heterocycles. The maximum absolute atomic E-state index is 14.1. The van der Waals surface area contributed by atoms with E-state index in [1.165, 1.54) is 0 Å². The lowest BCUT2D eigenvalue weighted by molar-refractivity contribution is -0.143. The molecular formula is C30H35N5O4. The van der Waals surface area contributed by atoms with Crippen LogP contribution in [0.3, 0.4) is 0 Å². The SMILES string of the molecule is CCC(C)(C)NC(=O)[C@@H](c1ccc(OC)cc1)N(Cc1ccc(OC)cc1)C(=O)Cn1nnc2ccccc21. The number of rotatable bonds is 11. The quantitative estimate of drug-likeness (QED) is 0.307. The molecule has 0 aliphatic carbocycles. The van der Waals surface area contributed by atoms with Crippen molar-refractivity contribution in [1.82, 2.24) is 25.2 Å². The largest absolute Gasteiger partial charge is 0.497 e. The second-order valence-corrected chi connectivity index (χ2v) is 10.0. The molecule has 0 radical (unpaired) electrons. The van der Waals surface area contributed by atoms with Gasteiger partial charge < -0.3 is 19.7 Å². The van der Waals surface area contributed by atoms with Crippen LogP contribution in [0.2, 0.25) is 0 Å². The van der Waals surface area contributed by atoms with E-state index >= 15 is 0 Å². The maximum atomic E-state index is 14.1. The molecule has 1 aromatic heterocycles. The smallest absolute Gasteiger partial charge is 0.247 e. The van der Waals surface area contributed by atoms with Crippen LogP contribution in [0.4, 0.5) is 0 Å². The van der Waals surface area contributed by atoms with Gasteiger partial charge in [0.15, 0.2) is 0 Å². The molecule has 0 saturated carbocycles. The van der Waals surface area contributed by atoms with Gasteiger partial charge in [0.05, 0.1) is 19.7 Å². The van der Waals surface area contributed by atoms with E-state index in [9.17, 15) is 9.59 Å². The average Bonchev–Trinajstić information content (AvgIpc) is 3.35. The van der Waals surface area contributed by atoms with Gasteiger partial charge in [0, 0.05) is 12.1 Å². The first-order chi connectivity index (χ1) is 18.7. The van der Waals surface area contributed by atoms with Gasteiger partial charge in [-0.2, -0.15) is 0 Å². The molecule has 3 aromatic carbocycles. The lowest BCUT2D eigenvalue weighted by Crippen LogP contribution is -2.50. The molecule has 0 aliphatic rings. The summed E-state index contributed by atoms with van der Waals surface area (Å²) in [6.07, 6.45) is 0.728. The highest BCUT2D eigenvalue weighted by Crippen LogP contribution is 2.28. The number of benzene rings is 3. The summed E-state index contributed by atoms with van der Waals surface area (Å²) in [6, 6.07) is 21.3. The van der Waals surface area contributed by atoms with Gasteiger partial charge in [0.2, 0.25) is 11.8 Å². The number of aromatic nitrogens is 3. The van der Waals surface area contributed by atoms with E-state index in [0.717, 1.165) is 17.5 Å². The monoisotopic (exact) mass is 529 g/mol. The minimum absolute atomic E-state index is 0.0756. The van der Waals surface area contributed by atoms with Gasteiger partial charge in [-0.15, -0.1) is 5.10 Å². The van der Waals surface area contributed by atoms with Crippen LogP contribution in [-0.2, 0) is 22.7 Å². The standard InChI is InChI=1S/C30H35N5O4/c1-6-30(2,3)31-29(37)28(22-13-17-24(39-5)18-14-22)34(19-21-11-15-23(38-4)16-12-21)27(36)20-35-26-10-8-7-9-25(26)32-33-35/h7-18,28H,6,19-20H2,1-5H3,(H,31,37)/t28-/m1/s1. The van der Waals surface area contributed by atoms with Crippen molar-refractivity contribution < 1.29 is 19.1 Å². The summed E-state index contributed by atoms with van der Waals surface area (Å²) >= 11 is 0. The van der Waals surface area contributed by atoms with E-state index in [0.29, 0.717) is 22.6 Å². The molecule has 1 N–H and O–H groups in total. The van der Waals surface area contributed by atoms with E-state index in [-0.39, 0.29) is 24.9 Å². The number of nitrogens with zero attached hydrogens (tertiary/aromatic N) is 4. The summed E-state index contributed by atoms with van der Waals surface area (Å²) < 4.78 is 12.2. The Labute approximate surface area is 228 Å². The molecule has 0 fully saturated rings. The summed E-state index contributed by atoms with van der Waals surface area (Å²) in [4.78, 5) is 29.6. The third-order valence-electron chi connectivity index (χ3n) is 6.87. The summed E-state index contributed by atoms with van der Waals surface area (Å²) in [7, 11) is 3.19. The molecule has 9 heteroatoms. The number of ether oxygens (including phenoxy) is 2. The van der Waals surface area contributed by atoms with E-state index in [2.05, 4.69) is 15.6 Å². The maximum Gasteiger partial charge on any atom is 0.247 e. The molecule has 0 saturated heterocycles. The Balaban J connectivity index is 1.77. The summed E-state index contributed by atoms with van der Waals surface area (Å²) in [5.74, 6) is 0.831. The van der Waals surface area contributed by atoms with Crippen molar-refractivity contribution in [2.45, 2.75) is 51.9 Å². The number of carbonyl (C=O) groups is 2. The van der Waals surface area contributed by atoms with Crippen molar-refractivity contribution in [2.75, 3.05) is 14.2 Å². The lowest BCUT2D eigenvalue weighted by atomic mass is 9.98. The van der Waals surface area contributed by atoms with Crippen molar-refractivity contribution in [3.8, 4) is 11.5 Å². The Morgan fingerprint density at radius 2 is 1.56 bits per heavy atom. The minimum Gasteiger partial charge on any atom is -0.497 e. The van der Waals surface area contributed by atoms with Crippen LogP contribution in [0.1, 0.15) is 44.4 Å². The topological polar surface area (TPSA) is 98.6 Å². The highest BCUT2D eigenvalue weighted by Gasteiger charge is 2.34. The number of nitrogens with one attached hydrogen (secondary N) is 1. The second-order valence-electron chi connectivity index (χ2n) is 10.0. The van der Waals surface area contributed by atoms with Crippen LogP contribution in [0.15, 0.2) is 72.8 Å². The van der Waals surface area contributed by atoms with Gasteiger partial charge in [-0.05, 0) is 67.8 Å². The Hall–Kier alpha value is -4.40. The average molecular weight is 530 g/mol. The highest BCUT2D eigenvalue weighted by atomic mass is 16.5. The zero-order valence-electron chi connectivity index (χ0n) is 23.0. The molecule has 2 amide bonds. The second kappa shape index (κ2) is 12.0. The molecule has 0 aliphatic heterocycles. The Kier molecular flexibility index (Phi) is 8.49. The first-order valence-corrected chi connectivity index (χ1v) is 12.9. The third kappa shape index (κ3) is 6.54. The Morgan fingerprint density at radius 3 is 2.18 bits per heavy atom. The van der Waals surface area contributed by atoms with Crippen molar-refractivity contribution >= 4 is 22.8 Å². The number of hydrogen-bond acceptors (Lipinski definition) is 6. The number of methoxy groups -OCH3 is 2. The van der Waals surface area contributed by atoms with E-state index in [1.54, 1.807) is 35.9 Å². The summed E-state index contributed by atoms with van der Waals surface area (Å²) in [5.41, 5.74) is 2.51. The molecule has 0 spiro atoms. The van der Waals surface area contributed by atoms with Crippen LogP contribution in [0, 0.1) is 0 Å². The predicted octanol–water partition coefficient (Wildman–Crippen LogP) is 4.52. The predicted molar refractivity (Wildman–Crippen MR) is 149 cm³/mol.